The fourth-order valence-corrected chi connectivity index (χ4v) is 6.06. The van der Waals surface area contributed by atoms with Crippen molar-refractivity contribution in [3.8, 4) is 11.4 Å². The van der Waals surface area contributed by atoms with E-state index in [4.69, 9.17) is 9.97 Å². The molecule has 2 aliphatic rings. The maximum atomic E-state index is 5.25. The number of fused-ring (bicyclic) bond motifs is 5. The molecule has 3 unspecified atom stereocenters. The van der Waals surface area contributed by atoms with Crippen LogP contribution in [-0.2, 0) is 0 Å². The molecule has 0 amide bonds. The molecule has 0 aliphatic carbocycles. The number of hydrogen-bond acceptors (Lipinski definition) is 4. The highest BCUT2D eigenvalue weighted by molar-refractivity contribution is 5.84. The molecule has 0 bridgehead atoms. The standard InChI is InChI=1S/C30H36N4/c1-8-12-23-20(6)30-33(7)29-26(34(30)25-16-10-9-13-24(23)25)17-31-28(32-29)27-21(18(2)3)14-11-15-22(27)19(4)5/h8-11,13-20,23,30H,1,12H2,2-7H3. The van der Waals surface area contributed by atoms with Crippen molar-refractivity contribution in [3.05, 3.63) is 78.0 Å². The quantitative estimate of drug-likeness (QED) is 0.373. The first-order valence-corrected chi connectivity index (χ1v) is 12.6. The average molecular weight is 453 g/mol. The predicted octanol–water partition coefficient (Wildman–Crippen LogP) is 7.61. The molecule has 4 nitrogen and oxygen atoms in total. The van der Waals surface area contributed by atoms with Gasteiger partial charge in [-0.3, -0.25) is 0 Å². The molecule has 0 fully saturated rings. The molecular formula is C30H36N4. The second kappa shape index (κ2) is 8.57. The summed E-state index contributed by atoms with van der Waals surface area (Å²) in [5, 5.41) is 0. The van der Waals surface area contributed by atoms with Crippen LogP contribution in [0.2, 0.25) is 0 Å². The lowest BCUT2D eigenvalue weighted by Gasteiger charge is -2.44. The van der Waals surface area contributed by atoms with Crippen molar-refractivity contribution >= 4 is 17.2 Å². The van der Waals surface area contributed by atoms with Crippen molar-refractivity contribution in [1.29, 1.82) is 0 Å². The highest BCUT2D eigenvalue weighted by Gasteiger charge is 2.46. The molecule has 176 valence electrons. The largest absolute Gasteiger partial charge is 0.337 e. The third-order valence-corrected chi connectivity index (χ3v) is 7.72. The van der Waals surface area contributed by atoms with E-state index >= 15 is 0 Å². The molecule has 3 atom stereocenters. The second-order valence-corrected chi connectivity index (χ2v) is 10.5. The average Bonchev–Trinajstić information content (AvgIpc) is 3.13. The van der Waals surface area contributed by atoms with Crippen LogP contribution in [0.15, 0.2) is 61.3 Å². The molecule has 3 heterocycles. The van der Waals surface area contributed by atoms with Crippen LogP contribution in [0.4, 0.5) is 17.2 Å². The summed E-state index contributed by atoms with van der Waals surface area (Å²) in [6.07, 6.45) is 5.30. The molecule has 1 aromatic heterocycles. The van der Waals surface area contributed by atoms with Crippen LogP contribution in [0.5, 0.6) is 0 Å². The van der Waals surface area contributed by atoms with Gasteiger partial charge in [-0.25, -0.2) is 9.97 Å². The van der Waals surface area contributed by atoms with Gasteiger partial charge in [-0.05, 0) is 46.9 Å². The first-order chi connectivity index (χ1) is 16.3. The van der Waals surface area contributed by atoms with Crippen LogP contribution >= 0.6 is 0 Å². The van der Waals surface area contributed by atoms with Crippen molar-refractivity contribution < 1.29 is 0 Å². The summed E-state index contributed by atoms with van der Waals surface area (Å²) in [6, 6.07) is 15.4. The Morgan fingerprint density at radius 1 is 0.971 bits per heavy atom. The van der Waals surface area contributed by atoms with E-state index in [1.807, 2.05) is 6.20 Å². The Bertz CT molecular complexity index is 1200. The van der Waals surface area contributed by atoms with Crippen LogP contribution in [0.1, 0.15) is 75.5 Å². The number of nitrogens with zero attached hydrogens (tertiary/aromatic N) is 4. The van der Waals surface area contributed by atoms with Crippen LogP contribution in [0, 0.1) is 5.92 Å². The van der Waals surface area contributed by atoms with E-state index < -0.39 is 0 Å². The highest BCUT2D eigenvalue weighted by atomic mass is 15.4. The first kappa shape index (κ1) is 22.6. The van der Waals surface area contributed by atoms with Gasteiger partial charge in [0.05, 0.1) is 6.20 Å². The summed E-state index contributed by atoms with van der Waals surface area (Å²) in [5.41, 5.74) is 7.59. The fraction of sp³-hybridized carbons (Fsp3) is 0.400. The minimum atomic E-state index is 0.212. The van der Waals surface area contributed by atoms with Crippen LogP contribution in [-0.4, -0.2) is 23.2 Å². The maximum Gasteiger partial charge on any atom is 0.162 e. The zero-order valence-electron chi connectivity index (χ0n) is 21.3. The van der Waals surface area contributed by atoms with Crippen LogP contribution in [0.3, 0.4) is 0 Å². The Labute approximate surface area is 204 Å². The van der Waals surface area contributed by atoms with Gasteiger partial charge in [-0.2, -0.15) is 0 Å². The Balaban J connectivity index is 1.68. The van der Waals surface area contributed by atoms with Gasteiger partial charge in [-0.15, -0.1) is 6.58 Å². The van der Waals surface area contributed by atoms with Crippen LogP contribution < -0.4 is 9.80 Å². The molecule has 0 saturated heterocycles. The lowest BCUT2D eigenvalue weighted by molar-refractivity contribution is 0.363. The second-order valence-electron chi connectivity index (χ2n) is 10.5. The summed E-state index contributed by atoms with van der Waals surface area (Å²) in [4.78, 5) is 15.1. The topological polar surface area (TPSA) is 32.3 Å². The van der Waals surface area contributed by atoms with Gasteiger partial charge in [0.2, 0.25) is 0 Å². The maximum absolute atomic E-state index is 5.25. The van der Waals surface area contributed by atoms with Crippen LogP contribution in [0.25, 0.3) is 11.4 Å². The van der Waals surface area contributed by atoms with Crippen molar-refractivity contribution in [3.63, 3.8) is 0 Å². The number of benzene rings is 2. The lowest BCUT2D eigenvalue weighted by atomic mass is 9.78. The minimum Gasteiger partial charge on any atom is -0.337 e. The van der Waals surface area contributed by atoms with Crippen molar-refractivity contribution in [2.24, 2.45) is 5.92 Å². The van der Waals surface area contributed by atoms with E-state index in [1.54, 1.807) is 0 Å². The minimum absolute atomic E-state index is 0.212. The molecule has 2 aliphatic heterocycles. The molecule has 5 rings (SSSR count). The number of para-hydroxylation sites is 1. The summed E-state index contributed by atoms with van der Waals surface area (Å²) < 4.78 is 0. The molecule has 0 saturated carbocycles. The Morgan fingerprint density at radius 3 is 2.29 bits per heavy atom. The molecule has 0 radical (unpaired) electrons. The summed E-state index contributed by atoms with van der Waals surface area (Å²) in [5.74, 6) is 3.52. The normalized spacial score (nSPS) is 21.0. The number of hydrogen-bond donors (Lipinski definition) is 0. The van der Waals surface area contributed by atoms with E-state index in [0.29, 0.717) is 23.7 Å². The number of rotatable bonds is 5. The molecule has 0 spiro atoms. The zero-order valence-corrected chi connectivity index (χ0v) is 21.3. The molecule has 34 heavy (non-hydrogen) atoms. The summed E-state index contributed by atoms with van der Waals surface area (Å²) in [6.45, 7) is 15.4. The van der Waals surface area contributed by atoms with Crippen molar-refractivity contribution in [1.82, 2.24) is 9.97 Å². The Morgan fingerprint density at radius 2 is 1.65 bits per heavy atom. The Kier molecular flexibility index (Phi) is 5.71. The fourth-order valence-electron chi connectivity index (χ4n) is 6.06. The van der Waals surface area contributed by atoms with E-state index in [0.717, 1.165) is 23.8 Å². The molecule has 4 heteroatoms. The van der Waals surface area contributed by atoms with Gasteiger partial charge in [0.25, 0.3) is 0 Å². The number of allylic oxidation sites excluding steroid dienone is 1. The number of aromatic nitrogens is 2. The molecule has 0 N–H and O–H groups in total. The van der Waals surface area contributed by atoms with Gasteiger partial charge in [-0.1, -0.05) is 77.1 Å². The van der Waals surface area contributed by atoms with Crippen molar-refractivity contribution in [2.45, 2.75) is 65.0 Å². The van der Waals surface area contributed by atoms with Crippen molar-refractivity contribution in [2.75, 3.05) is 16.8 Å². The molecule has 2 aromatic carbocycles. The van der Waals surface area contributed by atoms with E-state index in [1.165, 1.54) is 27.9 Å². The summed E-state index contributed by atoms with van der Waals surface area (Å²) in [7, 11) is 2.19. The summed E-state index contributed by atoms with van der Waals surface area (Å²) >= 11 is 0. The third kappa shape index (κ3) is 3.34. The molecular weight excluding hydrogens is 416 g/mol. The van der Waals surface area contributed by atoms with E-state index in [-0.39, 0.29) is 6.17 Å². The van der Waals surface area contributed by atoms with Gasteiger partial charge in [0.1, 0.15) is 11.9 Å². The third-order valence-electron chi connectivity index (χ3n) is 7.72. The lowest BCUT2D eigenvalue weighted by Crippen LogP contribution is -2.48. The smallest absolute Gasteiger partial charge is 0.162 e. The van der Waals surface area contributed by atoms with Gasteiger partial charge < -0.3 is 9.80 Å². The highest BCUT2D eigenvalue weighted by Crippen LogP contribution is 2.53. The SMILES string of the molecule is C=CCC1c2ccccc2N2c3cnc(-c4c(C(C)C)cccc4C(C)C)nc3N(C)C2C1C. The van der Waals surface area contributed by atoms with Gasteiger partial charge in [0.15, 0.2) is 11.6 Å². The predicted molar refractivity (Wildman–Crippen MR) is 143 cm³/mol. The van der Waals surface area contributed by atoms with Gasteiger partial charge >= 0.3 is 0 Å². The monoisotopic (exact) mass is 452 g/mol. The van der Waals surface area contributed by atoms with Gasteiger partial charge in [0, 0.05) is 24.2 Å². The number of anilines is 3. The Hall–Kier alpha value is -3.14. The van der Waals surface area contributed by atoms with E-state index in [2.05, 4.69) is 107 Å². The first-order valence-electron chi connectivity index (χ1n) is 12.6. The molecule has 3 aromatic rings. The zero-order chi connectivity index (χ0) is 24.1. The van der Waals surface area contributed by atoms with E-state index in [9.17, 15) is 0 Å².